The van der Waals surface area contributed by atoms with Gasteiger partial charge in [0.25, 0.3) is 0 Å². The van der Waals surface area contributed by atoms with Gasteiger partial charge in [0, 0.05) is 18.2 Å². The summed E-state index contributed by atoms with van der Waals surface area (Å²) in [6, 6.07) is 7.87. The van der Waals surface area contributed by atoms with Gasteiger partial charge in [0.15, 0.2) is 0 Å². The molecule has 2 aromatic heterocycles. The summed E-state index contributed by atoms with van der Waals surface area (Å²) in [5.74, 6) is 1.36. The highest BCUT2D eigenvalue weighted by molar-refractivity contribution is 5.90. The second kappa shape index (κ2) is 5.01. The van der Waals surface area contributed by atoms with Gasteiger partial charge in [0.2, 0.25) is 0 Å². The van der Waals surface area contributed by atoms with Crippen molar-refractivity contribution < 1.29 is 9.15 Å². The molecule has 0 aliphatic rings. The van der Waals surface area contributed by atoms with Crippen molar-refractivity contribution in [2.75, 3.05) is 12.8 Å². The molecule has 3 aromatic rings. The van der Waals surface area contributed by atoms with Gasteiger partial charge in [0.1, 0.15) is 17.3 Å². The number of nitrogen functional groups attached to an aromatic ring is 1. The van der Waals surface area contributed by atoms with Crippen molar-refractivity contribution in [2.24, 2.45) is 7.05 Å². The number of nitrogens with zero attached hydrogens (tertiary/aromatic N) is 2. The molecular formula is C16H17N3O2. The molecule has 0 fully saturated rings. The molecule has 3 rings (SSSR count). The fourth-order valence-electron chi connectivity index (χ4n) is 2.42. The molecule has 5 nitrogen and oxygen atoms in total. The lowest BCUT2D eigenvalue weighted by atomic mass is 9.99. The van der Waals surface area contributed by atoms with Crippen LogP contribution in [0.4, 0.5) is 5.82 Å². The summed E-state index contributed by atoms with van der Waals surface area (Å²) in [5.41, 5.74) is 10.8. The van der Waals surface area contributed by atoms with E-state index in [9.17, 15) is 0 Å². The van der Waals surface area contributed by atoms with E-state index in [1.54, 1.807) is 24.3 Å². The van der Waals surface area contributed by atoms with Crippen molar-refractivity contribution >= 4 is 5.82 Å². The van der Waals surface area contributed by atoms with E-state index in [-0.39, 0.29) is 0 Å². The number of nitrogens with two attached hydrogens (primary N) is 1. The van der Waals surface area contributed by atoms with Gasteiger partial charge in [-0.3, -0.25) is 4.68 Å². The number of ether oxygens (including phenoxy) is 1. The summed E-state index contributed by atoms with van der Waals surface area (Å²) >= 11 is 0. The molecule has 0 aliphatic heterocycles. The predicted molar refractivity (Wildman–Crippen MR) is 82.0 cm³/mol. The quantitative estimate of drug-likeness (QED) is 0.801. The predicted octanol–water partition coefficient (Wildman–Crippen LogP) is 3.25. The number of aromatic nitrogens is 2. The van der Waals surface area contributed by atoms with E-state index in [2.05, 4.69) is 11.2 Å². The number of methoxy groups -OCH3 is 1. The number of benzene rings is 1. The summed E-state index contributed by atoms with van der Waals surface area (Å²) in [7, 11) is 3.48. The van der Waals surface area contributed by atoms with Crippen molar-refractivity contribution in [1.82, 2.24) is 9.78 Å². The van der Waals surface area contributed by atoms with Crippen LogP contribution in [0.25, 0.3) is 22.4 Å². The van der Waals surface area contributed by atoms with Crippen molar-refractivity contribution in [2.45, 2.75) is 6.92 Å². The summed E-state index contributed by atoms with van der Waals surface area (Å²) in [6.07, 6.45) is 3.28. The highest BCUT2D eigenvalue weighted by atomic mass is 16.5. The number of hydrogen-bond donors (Lipinski definition) is 1. The van der Waals surface area contributed by atoms with Gasteiger partial charge in [-0.15, -0.1) is 0 Å². The summed E-state index contributed by atoms with van der Waals surface area (Å²) in [4.78, 5) is 0. The van der Waals surface area contributed by atoms with E-state index in [1.807, 2.05) is 32.2 Å². The number of rotatable bonds is 3. The molecule has 2 N–H and O–H groups in total. The lowest BCUT2D eigenvalue weighted by Gasteiger charge is -2.10. The number of anilines is 1. The normalized spacial score (nSPS) is 10.8. The van der Waals surface area contributed by atoms with Crippen molar-refractivity contribution in [3.8, 4) is 28.1 Å². The molecule has 0 atom stereocenters. The average molecular weight is 283 g/mol. The Morgan fingerprint density at radius 2 is 2.10 bits per heavy atom. The van der Waals surface area contributed by atoms with E-state index < -0.39 is 0 Å². The largest absolute Gasteiger partial charge is 0.496 e. The maximum Gasteiger partial charge on any atom is 0.130 e. The SMILES string of the molecule is COc1ccc(C)cc1-c1c(-c2ccoc2)nn(C)c1N. The molecular weight excluding hydrogens is 266 g/mol. The standard InChI is InChI=1S/C16H17N3O2/c1-10-4-5-13(20-3)12(8-10)14-15(11-6-7-21-9-11)18-19(2)16(14)17/h4-9H,17H2,1-3H3. The molecule has 5 heteroatoms. The zero-order valence-corrected chi connectivity index (χ0v) is 12.3. The van der Waals surface area contributed by atoms with Gasteiger partial charge < -0.3 is 14.9 Å². The van der Waals surface area contributed by atoms with Crippen LogP contribution in [0.1, 0.15) is 5.56 Å². The van der Waals surface area contributed by atoms with E-state index in [0.29, 0.717) is 5.82 Å². The minimum Gasteiger partial charge on any atom is -0.496 e. The van der Waals surface area contributed by atoms with E-state index >= 15 is 0 Å². The molecule has 0 amide bonds. The van der Waals surface area contributed by atoms with Gasteiger partial charge in [-0.05, 0) is 25.1 Å². The summed E-state index contributed by atoms with van der Waals surface area (Å²) in [6.45, 7) is 2.03. The molecule has 0 radical (unpaired) electrons. The lowest BCUT2D eigenvalue weighted by Crippen LogP contribution is -1.98. The van der Waals surface area contributed by atoms with Crippen LogP contribution in [0.15, 0.2) is 41.2 Å². The van der Waals surface area contributed by atoms with Crippen LogP contribution in [-0.2, 0) is 7.05 Å². The van der Waals surface area contributed by atoms with Gasteiger partial charge in [-0.25, -0.2) is 0 Å². The van der Waals surface area contributed by atoms with Crippen molar-refractivity contribution in [3.05, 3.63) is 42.4 Å². The van der Waals surface area contributed by atoms with E-state index in [1.165, 1.54) is 0 Å². The summed E-state index contributed by atoms with van der Waals surface area (Å²) in [5, 5.41) is 4.51. The van der Waals surface area contributed by atoms with Crippen molar-refractivity contribution in [1.29, 1.82) is 0 Å². The Bertz CT molecular complexity index is 773. The van der Waals surface area contributed by atoms with Crippen LogP contribution in [-0.4, -0.2) is 16.9 Å². The fraction of sp³-hybridized carbons (Fsp3) is 0.188. The third-order valence-corrected chi connectivity index (χ3v) is 3.51. The molecule has 1 aromatic carbocycles. The molecule has 21 heavy (non-hydrogen) atoms. The van der Waals surface area contributed by atoms with E-state index in [4.69, 9.17) is 14.9 Å². The van der Waals surface area contributed by atoms with Gasteiger partial charge >= 0.3 is 0 Å². The third-order valence-electron chi connectivity index (χ3n) is 3.51. The molecule has 2 heterocycles. The second-order valence-electron chi connectivity index (χ2n) is 4.95. The molecule has 0 saturated carbocycles. The first-order chi connectivity index (χ1) is 10.1. The first-order valence-corrected chi connectivity index (χ1v) is 6.62. The first-order valence-electron chi connectivity index (χ1n) is 6.62. The average Bonchev–Trinajstić information content (AvgIpc) is 3.08. The fourth-order valence-corrected chi connectivity index (χ4v) is 2.42. The van der Waals surface area contributed by atoms with Crippen LogP contribution in [0.3, 0.4) is 0 Å². The highest BCUT2D eigenvalue weighted by Gasteiger charge is 2.21. The molecule has 0 spiro atoms. The van der Waals surface area contributed by atoms with Crippen LogP contribution in [0.5, 0.6) is 5.75 Å². The maximum atomic E-state index is 6.23. The Labute approximate surface area is 122 Å². The van der Waals surface area contributed by atoms with Crippen LogP contribution >= 0.6 is 0 Å². The summed E-state index contributed by atoms with van der Waals surface area (Å²) < 4.78 is 12.3. The Kier molecular flexibility index (Phi) is 3.17. The maximum absolute atomic E-state index is 6.23. The minimum atomic E-state index is 0.593. The Morgan fingerprint density at radius 1 is 1.29 bits per heavy atom. The Hall–Kier alpha value is -2.69. The monoisotopic (exact) mass is 283 g/mol. The Balaban J connectivity index is 2.30. The van der Waals surface area contributed by atoms with Crippen LogP contribution in [0.2, 0.25) is 0 Å². The number of furan rings is 1. The molecule has 108 valence electrons. The van der Waals surface area contributed by atoms with Crippen LogP contribution in [0, 0.1) is 6.92 Å². The molecule has 0 bridgehead atoms. The molecule has 0 unspecified atom stereocenters. The molecule has 0 aliphatic carbocycles. The van der Waals surface area contributed by atoms with Crippen LogP contribution < -0.4 is 10.5 Å². The minimum absolute atomic E-state index is 0.593. The van der Waals surface area contributed by atoms with E-state index in [0.717, 1.165) is 33.7 Å². The zero-order valence-electron chi connectivity index (χ0n) is 12.3. The molecule has 0 saturated heterocycles. The topological polar surface area (TPSA) is 66.2 Å². The lowest BCUT2D eigenvalue weighted by molar-refractivity contribution is 0.416. The highest BCUT2D eigenvalue weighted by Crippen LogP contribution is 2.40. The number of aryl methyl sites for hydroxylation is 2. The first kappa shape index (κ1) is 13.3. The zero-order chi connectivity index (χ0) is 15.0. The smallest absolute Gasteiger partial charge is 0.130 e. The van der Waals surface area contributed by atoms with Gasteiger partial charge in [-0.1, -0.05) is 11.6 Å². The second-order valence-corrected chi connectivity index (χ2v) is 4.95. The number of hydrogen-bond acceptors (Lipinski definition) is 4. The third kappa shape index (κ3) is 2.16. The van der Waals surface area contributed by atoms with Gasteiger partial charge in [-0.2, -0.15) is 5.10 Å². The Morgan fingerprint density at radius 3 is 2.76 bits per heavy atom. The van der Waals surface area contributed by atoms with Gasteiger partial charge in [0.05, 0.1) is 25.2 Å². The van der Waals surface area contributed by atoms with Crippen molar-refractivity contribution in [3.63, 3.8) is 0 Å².